The molecule has 0 aliphatic heterocycles. The molecule has 84 valence electrons. The normalized spacial score (nSPS) is 23.6. The highest BCUT2D eigenvalue weighted by Gasteiger charge is 2.19. The number of nitrogens with one attached hydrogen (secondary N) is 1. The van der Waals surface area contributed by atoms with E-state index in [1.54, 1.807) is 0 Å². The lowest BCUT2D eigenvalue weighted by atomic mass is 10.1. The van der Waals surface area contributed by atoms with E-state index < -0.39 is 0 Å². The van der Waals surface area contributed by atoms with E-state index in [-0.39, 0.29) is 5.91 Å². The number of carbonyl (C=O) groups is 1. The van der Waals surface area contributed by atoms with Crippen LogP contribution in [0.2, 0.25) is 0 Å². The van der Waals surface area contributed by atoms with Crippen molar-refractivity contribution < 1.29 is 4.79 Å². The molecule has 0 fully saturated rings. The van der Waals surface area contributed by atoms with Crippen LogP contribution in [0.5, 0.6) is 0 Å². The van der Waals surface area contributed by atoms with Crippen LogP contribution in [-0.2, 0) is 4.79 Å². The maximum Gasteiger partial charge on any atom is 0.247 e. The molecule has 1 atom stereocenters. The molecule has 0 spiro atoms. The lowest BCUT2D eigenvalue weighted by Gasteiger charge is -2.11. The second-order valence-electron chi connectivity index (χ2n) is 4.35. The molecule has 2 rings (SSSR count). The molecule has 1 unspecified atom stereocenters. The van der Waals surface area contributed by atoms with Crippen molar-refractivity contribution in [3.63, 3.8) is 0 Å². The molecule has 2 aliphatic rings. The zero-order chi connectivity index (χ0) is 11.5. The van der Waals surface area contributed by atoms with Gasteiger partial charge < -0.3 is 5.32 Å². The van der Waals surface area contributed by atoms with E-state index in [0.29, 0.717) is 5.92 Å². The Hall–Kier alpha value is -1.57. The standard InChI is InChI=1S/C14H17NO/c1-3-14(16)15-13-9-10(2)7-8-11-5-4-6-12(11)13/h3,7-10H,1,4-6H2,2H3,(H,15,16). The number of carbonyl (C=O) groups excluding carboxylic acids is 1. The second-order valence-corrected chi connectivity index (χ2v) is 4.35. The molecule has 0 saturated carbocycles. The van der Waals surface area contributed by atoms with Gasteiger partial charge in [-0.2, -0.15) is 0 Å². The van der Waals surface area contributed by atoms with Gasteiger partial charge in [0.25, 0.3) is 0 Å². The molecular formula is C14H17NO. The van der Waals surface area contributed by atoms with Crippen molar-refractivity contribution in [2.45, 2.75) is 26.2 Å². The topological polar surface area (TPSA) is 29.1 Å². The van der Waals surface area contributed by atoms with Gasteiger partial charge in [-0.05, 0) is 42.4 Å². The Bertz CT molecular complexity index is 412. The van der Waals surface area contributed by atoms with Crippen molar-refractivity contribution in [2.24, 2.45) is 5.92 Å². The minimum Gasteiger partial charge on any atom is -0.323 e. The first kappa shape index (κ1) is 10.9. The molecule has 0 aromatic carbocycles. The fourth-order valence-corrected chi connectivity index (χ4v) is 2.25. The van der Waals surface area contributed by atoms with E-state index in [2.05, 4.69) is 37.0 Å². The maximum absolute atomic E-state index is 11.4. The van der Waals surface area contributed by atoms with E-state index in [0.717, 1.165) is 18.5 Å². The van der Waals surface area contributed by atoms with Crippen molar-refractivity contribution in [3.05, 3.63) is 47.7 Å². The maximum atomic E-state index is 11.4. The molecule has 2 nitrogen and oxygen atoms in total. The fourth-order valence-electron chi connectivity index (χ4n) is 2.25. The van der Waals surface area contributed by atoms with Gasteiger partial charge in [-0.1, -0.05) is 31.7 Å². The van der Waals surface area contributed by atoms with Crippen LogP contribution in [-0.4, -0.2) is 5.91 Å². The Kier molecular flexibility index (Phi) is 3.09. The molecule has 0 heterocycles. The Balaban J connectivity index is 2.29. The monoisotopic (exact) mass is 215 g/mol. The molecule has 2 aliphatic carbocycles. The summed E-state index contributed by atoms with van der Waals surface area (Å²) in [5.74, 6) is 0.241. The number of amides is 1. The van der Waals surface area contributed by atoms with Crippen molar-refractivity contribution in [2.75, 3.05) is 0 Å². The van der Waals surface area contributed by atoms with Gasteiger partial charge >= 0.3 is 0 Å². The Morgan fingerprint density at radius 3 is 3.12 bits per heavy atom. The highest BCUT2D eigenvalue weighted by Crippen LogP contribution is 2.33. The van der Waals surface area contributed by atoms with Crippen molar-refractivity contribution >= 4 is 5.91 Å². The molecule has 16 heavy (non-hydrogen) atoms. The summed E-state index contributed by atoms with van der Waals surface area (Å²) in [6, 6.07) is 0. The fraction of sp³-hybridized carbons (Fsp3) is 0.357. The zero-order valence-corrected chi connectivity index (χ0v) is 9.62. The Labute approximate surface area is 96.4 Å². The van der Waals surface area contributed by atoms with Crippen LogP contribution < -0.4 is 5.32 Å². The first-order valence-corrected chi connectivity index (χ1v) is 5.76. The largest absolute Gasteiger partial charge is 0.323 e. The molecule has 0 aromatic rings. The summed E-state index contributed by atoms with van der Waals surface area (Å²) in [7, 11) is 0. The first-order chi connectivity index (χ1) is 7.70. The molecule has 2 heteroatoms. The predicted molar refractivity (Wildman–Crippen MR) is 65.6 cm³/mol. The summed E-state index contributed by atoms with van der Waals surface area (Å²) >= 11 is 0. The second kappa shape index (κ2) is 4.52. The Morgan fingerprint density at radius 1 is 1.56 bits per heavy atom. The summed E-state index contributed by atoms with van der Waals surface area (Å²) in [5.41, 5.74) is 3.66. The van der Waals surface area contributed by atoms with Crippen LogP contribution in [0.15, 0.2) is 47.7 Å². The van der Waals surface area contributed by atoms with Gasteiger partial charge in [0.1, 0.15) is 0 Å². The summed E-state index contributed by atoms with van der Waals surface area (Å²) in [6.45, 7) is 5.61. The average Bonchev–Trinajstić information content (AvgIpc) is 2.68. The lowest BCUT2D eigenvalue weighted by Crippen LogP contribution is -2.21. The molecule has 0 bridgehead atoms. The number of hydrogen-bond acceptors (Lipinski definition) is 1. The van der Waals surface area contributed by atoms with Gasteiger partial charge in [0.05, 0.1) is 0 Å². The van der Waals surface area contributed by atoms with Gasteiger partial charge in [-0.25, -0.2) is 0 Å². The smallest absolute Gasteiger partial charge is 0.247 e. The van der Waals surface area contributed by atoms with Crippen LogP contribution in [0.3, 0.4) is 0 Å². The highest BCUT2D eigenvalue weighted by atomic mass is 16.1. The minimum absolute atomic E-state index is 0.126. The first-order valence-electron chi connectivity index (χ1n) is 5.76. The molecule has 0 saturated heterocycles. The van der Waals surface area contributed by atoms with Crippen molar-refractivity contribution in [1.82, 2.24) is 5.32 Å². The SMILES string of the molecule is C=CC(=O)NC1=CC(C)C=CC2=C1CCC2. The van der Waals surface area contributed by atoms with Gasteiger partial charge in [0, 0.05) is 5.70 Å². The van der Waals surface area contributed by atoms with E-state index in [4.69, 9.17) is 0 Å². The van der Waals surface area contributed by atoms with Crippen LogP contribution in [0.25, 0.3) is 0 Å². The predicted octanol–water partition coefficient (Wildman–Crippen LogP) is 2.86. The van der Waals surface area contributed by atoms with Crippen LogP contribution in [0.4, 0.5) is 0 Å². The van der Waals surface area contributed by atoms with Gasteiger partial charge in [0.2, 0.25) is 5.91 Å². The van der Waals surface area contributed by atoms with E-state index >= 15 is 0 Å². The van der Waals surface area contributed by atoms with E-state index in [1.165, 1.54) is 23.6 Å². The molecule has 0 radical (unpaired) electrons. The van der Waals surface area contributed by atoms with Crippen LogP contribution in [0, 0.1) is 5.92 Å². The molecule has 1 N–H and O–H groups in total. The van der Waals surface area contributed by atoms with Gasteiger partial charge in [0.15, 0.2) is 0 Å². The number of rotatable bonds is 2. The van der Waals surface area contributed by atoms with E-state index in [1.807, 2.05) is 0 Å². The van der Waals surface area contributed by atoms with Crippen molar-refractivity contribution in [1.29, 1.82) is 0 Å². The Morgan fingerprint density at radius 2 is 2.38 bits per heavy atom. The van der Waals surface area contributed by atoms with Gasteiger partial charge in [-0.3, -0.25) is 4.79 Å². The molecular weight excluding hydrogens is 198 g/mol. The van der Waals surface area contributed by atoms with Crippen LogP contribution in [0.1, 0.15) is 26.2 Å². The van der Waals surface area contributed by atoms with Crippen molar-refractivity contribution in [3.8, 4) is 0 Å². The quantitative estimate of drug-likeness (QED) is 0.705. The lowest BCUT2D eigenvalue weighted by molar-refractivity contribution is -0.115. The molecule has 1 amide bonds. The summed E-state index contributed by atoms with van der Waals surface area (Å²) < 4.78 is 0. The van der Waals surface area contributed by atoms with Gasteiger partial charge in [-0.15, -0.1) is 0 Å². The third kappa shape index (κ3) is 2.16. The summed E-state index contributed by atoms with van der Waals surface area (Å²) in [4.78, 5) is 11.4. The highest BCUT2D eigenvalue weighted by molar-refractivity contribution is 5.89. The van der Waals surface area contributed by atoms with E-state index in [9.17, 15) is 4.79 Å². The summed E-state index contributed by atoms with van der Waals surface area (Å²) in [6.07, 6.45) is 11.2. The molecule has 0 aromatic heterocycles. The summed E-state index contributed by atoms with van der Waals surface area (Å²) in [5, 5.41) is 2.92. The number of hydrogen-bond donors (Lipinski definition) is 1. The number of allylic oxidation sites excluding steroid dienone is 5. The van der Waals surface area contributed by atoms with Crippen LogP contribution >= 0.6 is 0 Å². The third-order valence-corrected chi connectivity index (χ3v) is 3.06. The minimum atomic E-state index is -0.126. The third-order valence-electron chi connectivity index (χ3n) is 3.06. The average molecular weight is 215 g/mol. The zero-order valence-electron chi connectivity index (χ0n) is 9.62.